The van der Waals surface area contributed by atoms with Gasteiger partial charge in [-0.25, -0.2) is 4.21 Å². The van der Waals surface area contributed by atoms with Gasteiger partial charge < -0.3 is 14.0 Å². The van der Waals surface area contributed by atoms with E-state index < -0.39 is 11.1 Å². The summed E-state index contributed by atoms with van der Waals surface area (Å²) in [6.07, 6.45) is 0. The lowest BCUT2D eigenvalue weighted by Gasteiger charge is -2.09. The Bertz CT molecular complexity index is 358. The third kappa shape index (κ3) is 2.87. The van der Waals surface area contributed by atoms with Gasteiger partial charge in [-0.1, -0.05) is 0 Å². The van der Waals surface area contributed by atoms with Crippen molar-refractivity contribution in [3.8, 4) is 11.8 Å². The lowest BCUT2D eigenvalue weighted by Crippen LogP contribution is -2.05. The molecule has 1 aromatic heterocycles. The Kier molecular flexibility index (Phi) is 3.98. The molecule has 1 atom stereocenters. The summed E-state index contributed by atoms with van der Waals surface area (Å²) in [5.74, 6) is 0.771. The summed E-state index contributed by atoms with van der Waals surface area (Å²) in [5, 5.41) is 0. The van der Waals surface area contributed by atoms with Crippen molar-refractivity contribution in [1.82, 2.24) is 9.97 Å². The molecule has 0 aromatic carbocycles. The van der Waals surface area contributed by atoms with Crippen LogP contribution >= 0.6 is 0 Å². The lowest BCUT2D eigenvalue weighted by atomic mass is 10.3. The largest absolute Gasteiger partial charge is 0.481 e. The summed E-state index contributed by atoms with van der Waals surface area (Å²) >= 11 is -1.98. The number of rotatable bonds is 4. The number of aromatic nitrogens is 2. The fourth-order valence-electron chi connectivity index (χ4n) is 1.09. The quantitative estimate of drug-likeness (QED) is 0.762. The molecule has 15 heavy (non-hydrogen) atoms. The topological polar surface area (TPSA) is 81.5 Å². The maximum atomic E-state index is 10.6. The zero-order valence-corrected chi connectivity index (χ0v) is 9.50. The van der Waals surface area contributed by atoms with Gasteiger partial charge in [0.2, 0.25) is 11.8 Å². The van der Waals surface area contributed by atoms with Crippen LogP contribution in [0.3, 0.4) is 0 Å². The van der Waals surface area contributed by atoms with Gasteiger partial charge in [0.1, 0.15) is 5.75 Å². The van der Waals surface area contributed by atoms with E-state index in [9.17, 15) is 4.21 Å². The van der Waals surface area contributed by atoms with Crippen LogP contribution in [0.4, 0.5) is 0 Å². The van der Waals surface area contributed by atoms with Crippen molar-refractivity contribution in [1.29, 1.82) is 0 Å². The van der Waals surface area contributed by atoms with Crippen LogP contribution in [-0.2, 0) is 16.8 Å². The van der Waals surface area contributed by atoms with Crippen LogP contribution in [0.25, 0.3) is 0 Å². The van der Waals surface area contributed by atoms with E-state index in [0.29, 0.717) is 17.3 Å². The van der Waals surface area contributed by atoms with Crippen LogP contribution in [-0.4, -0.2) is 32.9 Å². The summed E-state index contributed by atoms with van der Waals surface area (Å²) in [7, 11) is 2.93. The number of ether oxygens (including phenoxy) is 2. The van der Waals surface area contributed by atoms with Gasteiger partial charge in [0.05, 0.1) is 19.8 Å². The van der Waals surface area contributed by atoms with Gasteiger partial charge in [0.25, 0.3) is 0 Å². The second-order valence-corrected chi connectivity index (χ2v) is 3.68. The van der Waals surface area contributed by atoms with E-state index in [1.54, 1.807) is 6.92 Å². The van der Waals surface area contributed by atoms with E-state index in [-0.39, 0.29) is 11.6 Å². The van der Waals surface area contributed by atoms with E-state index in [0.717, 1.165) is 0 Å². The number of nitrogens with zero attached hydrogens (tertiary/aromatic N) is 2. The summed E-state index contributed by atoms with van der Waals surface area (Å²) in [6.45, 7) is 1.75. The average Bonchev–Trinajstić information content (AvgIpc) is 2.19. The minimum Gasteiger partial charge on any atom is -0.481 e. The third-order valence-electron chi connectivity index (χ3n) is 1.74. The Balaban J connectivity index is 3.14. The molecule has 0 aliphatic carbocycles. The number of hydrogen-bond acceptors (Lipinski definition) is 5. The molecule has 0 amide bonds. The maximum absolute atomic E-state index is 10.6. The van der Waals surface area contributed by atoms with E-state index in [2.05, 4.69) is 9.97 Å². The molecule has 0 radical (unpaired) electrons. The molecule has 7 heteroatoms. The zero-order chi connectivity index (χ0) is 11.4. The van der Waals surface area contributed by atoms with Gasteiger partial charge in [-0.05, 0) is 6.92 Å². The SMILES string of the molecule is COc1nc(CS(=O)O)nc(OC)c1C. The molecular formula is C8H12N2O4S. The summed E-state index contributed by atoms with van der Waals surface area (Å²) in [4.78, 5) is 7.95. The fourth-order valence-corrected chi connectivity index (χ4v) is 1.44. The third-order valence-corrected chi connectivity index (χ3v) is 2.25. The van der Waals surface area contributed by atoms with Crippen molar-refractivity contribution in [3.63, 3.8) is 0 Å². The predicted octanol–water partition coefficient (Wildman–Crippen LogP) is 0.524. The molecule has 0 aliphatic rings. The van der Waals surface area contributed by atoms with Gasteiger partial charge in [0.15, 0.2) is 16.9 Å². The van der Waals surface area contributed by atoms with E-state index in [1.165, 1.54) is 14.2 Å². The molecular weight excluding hydrogens is 220 g/mol. The van der Waals surface area contributed by atoms with Crippen molar-refractivity contribution in [2.45, 2.75) is 12.7 Å². The van der Waals surface area contributed by atoms with Gasteiger partial charge in [-0.15, -0.1) is 0 Å². The van der Waals surface area contributed by atoms with E-state index in [4.69, 9.17) is 14.0 Å². The standard InChI is InChI=1S/C8H12N2O4S/c1-5-7(13-2)9-6(4-15(11)12)10-8(5)14-3/h4H2,1-3H3,(H,11,12). The molecule has 84 valence electrons. The van der Waals surface area contributed by atoms with Gasteiger partial charge in [-0.3, -0.25) is 0 Å². The molecule has 1 unspecified atom stereocenters. The molecule has 1 N–H and O–H groups in total. The van der Waals surface area contributed by atoms with Crippen LogP contribution in [0, 0.1) is 6.92 Å². The molecule has 0 saturated carbocycles. The monoisotopic (exact) mass is 232 g/mol. The molecule has 0 saturated heterocycles. The predicted molar refractivity (Wildman–Crippen MR) is 54.3 cm³/mol. The first kappa shape index (κ1) is 11.9. The van der Waals surface area contributed by atoms with E-state index >= 15 is 0 Å². The number of methoxy groups -OCH3 is 2. The molecule has 1 heterocycles. The Morgan fingerprint density at radius 2 is 1.73 bits per heavy atom. The summed E-state index contributed by atoms with van der Waals surface area (Å²) in [5.41, 5.74) is 0.660. The Labute approximate surface area is 89.9 Å². The molecule has 1 rings (SSSR count). The second-order valence-electron chi connectivity index (χ2n) is 2.75. The lowest BCUT2D eigenvalue weighted by molar-refractivity contribution is 0.363. The minimum absolute atomic E-state index is 0.146. The Morgan fingerprint density at radius 1 is 1.27 bits per heavy atom. The van der Waals surface area contributed by atoms with Gasteiger partial charge in [0, 0.05) is 0 Å². The molecule has 0 fully saturated rings. The second kappa shape index (κ2) is 5.04. The molecule has 6 nitrogen and oxygen atoms in total. The normalized spacial score (nSPS) is 12.3. The van der Waals surface area contributed by atoms with Crippen molar-refractivity contribution in [2.75, 3.05) is 14.2 Å². The maximum Gasteiger partial charge on any atom is 0.223 e. The highest BCUT2D eigenvalue weighted by Gasteiger charge is 2.12. The minimum atomic E-state index is -1.98. The summed E-state index contributed by atoms with van der Waals surface area (Å²) in [6, 6.07) is 0. The molecule has 0 spiro atoms. The smallest absolute Gasteiger partial charge is 0.223 e. The first-order chi connectivity index (χ1) is 7.08. The van der Waals surface area contributed by atoms with Crippen molar-refractivity contribution in [2.24, 2.45) is 0 Å². The first-order valence-corrected chi connectivity index (χ1v) is 5.39. The van der Waals surface area contributed by atoms with Crippen LogP contribution in [0.1, 0.15) is 11.4 Å². The Hall–Kier alpha value is -1.21. The zero-order valence-electron chi connectivity index (χ0n) is 8.68. The Morgan fingerprint density at radius 3 is 2.07 bits per heavy atom. The molecule has 0 bridgehead atoms. The van der Waals surface area contributed by atoms with Crippen LogP contribution in [0.2, 0.25) is 0 Å². The average molecular weight is 232 g/mol. The van der Waals surface area contributed by atoms with Gasteiger partial charge >= 0.3 is 0 Å². The van der Waals surface area contributed by atoms with E-state index in [1.807, 2.05) is 0 Å². The highest BCUT2D eigenvalue weighted by molar-refractivity contribution is 7.78. The molecule has 1 aromatic rings. The van der Waals surface area contributed by atoms with Crippen LogP contribution in [0.5, 0.6) is 11.8 Å². The summed E-state index contributed by atoms with van der Waals surface area (Å²) < 4.78 is 29.3. The molecule has 0 aliphatic heterocycles. The highest BCUT2D eigenvalue weighted by atomic mass is 32.2. The van der Waals surface area contributed by atoms with Crippen molar-refractivity contribution >= 4 is 11.1 Å². The number of hydrogen-bond donors (Lipinski definition) is 1. The first-order valence-electron chi connectivity index (χ1n) is 4.11. The van der Waals surface area contributed by atoms with Crippen LogP contribution < -0.4 is 9.47 Å². The fraction of sp³-hybridized carbons (Fsp3) is 0.500. The van der Waals surface area contributed by atoms with Gasteiger partial charge in [-0.2, -0.15) is 9.97 Å². The van der Waals surface area contributed by atoms with Crippen molar-refractivity contribution in [3.05, 3.63) is 11.4 Å². The van der Waals surface area contributed by atoms with Crippen LogP contribution in [0.15, 0.2) is 0 Å². The van der Waals surface area contributed by atoms with Crippen molar-refractivity contribution < 1.29 is 18.2 Å². The highest BCUT2D eigenvalue weighted by Crippen LogP contribution is 2.23.